The predicted molar refractivity (Wildman–Crippen MR) is 168 cm³/mol. The number of para-hydroxylation sites is 3. The van der Waals surface area contributed by atoms with Crippen LogP contribution in [0.2, 0.25) is 0 Å². The monoisotopic (exact) mass is 536 g/mol. The lowest BCUT2D eigenvalue weighted by Crippen LogP contribution is -2.12. The van der Waals surface area contributed by atoms with E-state index in [2.05, 4.69) is 113 Å². The van der Waals surface area contributed by atoms with Crippen molar-refractivity contribution in [3.8, 4) is 12.3 Å². The molecule has 0 bridgehead atoms. The van der Waals surface area contributed by atoms with Crippen molar-refractivity contribution in [1.82, 2.24) is 0 Å². The number of ether oxygens (including phenoxy) is 1. The first-order valence-electron chi connectivity index (χ1n) is 13.8. The number of nitrogens with zero attached hydrogens (tertiary/aromatic N) is 2. The second-order valence-electron chi connectivity index (χ2n) is 9.58. The standard InChI is InChI=1S/C37H32N2O2/c1-2-3-7-20-37(40)41-29-30-21-23-34(24-22-30)39(33-18-12-6-13-19-33)36-27-25-35(26-28-36)38(31-14-8-4-9-15-31)32-16-10-5-11-17-32/h1,4-6,8-19,21-28H,3,7,20,29H2. The number of hydrogen-bond donors (Lipinski definition) is 0. The van der Waals surface area contributed by atoms with Crippen LogP contribution in [0.15, 0.2) is 140 Å². The van der Waals surface area contributed by atoms with E-state index in [0.29, 0.717) is 19.3 Å². The molecule has 0 atom stereocenters. The maximum atomic E-state index is 12.0. The van der Waals surface area contributed by atoms with Crippen LogP contribution in [0.25, 0.3) is 0 Å². The van der Waals surface area contributed by atoms with Crippen LogP contribution in [-0.2, 0) is 16.1 Å². The molecule has 0 N–H and O–H groups in total. The molecule has 0 amide bonds. The van der Waals surface area contributed by atoms with Gasteiger partial charge in [-0.05, 0) is 84.8 Å². The number of anilines is 6. The van der Waals surface area contributed by atoms with E-state index in [1.165, 1.54) is 0 Å². The van der Waals surface area contributed by atoms with Crippen LogP contribution in [-0.4, -0.2) is 5.97 Å². The van der Waals surface area contributed by atoms with Crippen LogP contribution < -0.4 is 9.80 Å². The van der Waals surface area contributed by atoms with Gasteiger partial charge in [-0.15, -0.1) is 12.3 Å². The van der Waals surface area contributed by atoms with E-state index in [0.717, 1.165) is 39.7 Å². The van der Waals surface area contributed by atoms with Gasteiger partial charge in [-0.2, -0.15) is 0 Å². The smallest absolute Gasteiger partial charge is 0.306 e. The van der Waals surface area contributed by atoms with Gasteiger partial charge in [0.2, 0.25) is 0 Å². The summed E-state index contributed by atoms with van der Waals surface area (Å²) in [4.78, 5) is 16.5. The molecule has 5 aromatic rings. The molecule has 0 unspecified atom stereocenters. The number of rotatable bonds is 11. The highest BCUT2D eigenvalue weighted by Gasteiger charge is 2.15. The Hall–Kier alpha value is -5.27. The van der Waals surface area contributed by atoms with Gasteiger partial charge in [0.25, 0.3) is 0 Å². The van der Waals surface area contributed by atoms with Crippen molar-refractivity contribution in [2.24, 2.45) is 0 Å². The number of esters is 1. The zero-order valence-electron chi connectivity index (χ0n) is 22.9. The van der Waals surface area contributed by atoms with Crippen molar-refractivity contribution in [3.05, 3.63) is 145 Å². The van der Waals surface area contributed by atoms with Crippen LogP contribution in [0.4, 0.5) is 34.1 Å². The zero-order valence-corrected chi connectivity index (χ0v) is 22.9. The third-order valence-corrected chi connectivity index (χ3v) is 6.71. The molecule has 41 heavy (non-hydrogen) atoms. The number of carbonyl (C=O) groups excluding carboxylic acids is 1. The first-order chi connectivity index (χ1) is 20.2. The Labute approximate surface area is 242 Å². The molecule has 4 nitrogen and oxygen atoms in total. The van der Waals surface area contributed by atoms with Crippen LogP contribution in [0.5, 0.6) is 0 Å². The van der Waals surface area contributed by atoms with Gasteiger partial charge in [0.1, 0.15) is 6.61 Å². The highest BCUT2D eigenvalue weighted by molar-refractivity contribution is 5.81. The number of benzene rings is 5. The fourth-order valence-corrected chi connectivity index (χ4v) is 4.69. The Morgan fingerprint density at radius 2 is 0.927 bits per heavy atom. The van der Waals surface area contributed by atoms with Gasteiger partial charge < -0.3 is 14.5 Å². The minimum absolute atomic E-state index is 0.227. The average Bonchev–Trinajstić information content (AvgIpc) is 3.03. The summed E-state index contributed by atoms with van der Waals surface area (Å²) in [6, 6.07) is 47.8. The Bertz CT molecular complexity index is 1520. The van der Waals surface area contributed by atoms with Crippen molar-refractivity contribution in [1.29, 1.82) is 0 Å². The van der Waals surface area contributed by atoms with Crippen molar-refractivity contribution < 1.29 is 9.53 Å². The van der Waals surface area contributed by atoms with Gasteiger partial charge in [-0.25, -0.2) is 0 Å². The fraction of sp³-hybridized carbons (Fsp3) is 0.108. The van der Waals surface area contributed by atoms with E-state index in [1.807, 2.05) is 42.5 Å². The molecule has 0 saturated carbocycles. The molecule has 0 aromatic heterocycles. The minimum Gasteiger partial charge on any atom is -0.461 e. The van der Waals surface area contributed by atoms with E-state index in [1.54, 1.807) is 0 Å². The van der Waals surface area contributed by atoms with Crippen LogP contribution >= 0.6 is 0 Å². The van der Waals surface area contributed by atoms with Gasteiger partial charge in [-0.1, -0.05) is 66.7 Å². The molecular formula is C37H32N2O2. The van der Waals surface area contributed by atoms with Crippen molar-refractivity contribution >= 4 is 40.1 Å². The lowest BCUT2D eigenvalue weighted by Gasteiger charge is -2.28. The number of unbranched alkanes of at least 4 members (excludes halogenated alkanes) is 1. The summed E-state index contributed by atoms with van der Waals surface area (Å²) in [5.74, 6) is 2.32. The predicted octanol–water partition coefficient (Wildman–Crippen LogP) is 9.47. The molecule has 0 spiro atoms. The Balaban J connectivity index is 1.41. The Morgan fingerprint density at radius 3 is 1.32 bits per heavy atom. The van der Waals surface area contributed by atoms with Gasteiger partial charge in [0.15, 0.2) is 0 Å². The van der Waals surface area contributed by atoms with Crippen LogP contribution in [0, 0.1) is 12.3 Å². The third kappa shape index (κ3) is 7.03. The molecule has 0 aliphatic rings. The summed E-state index contributed by atoms with van der Waals surface area (Å²) in [5.41, 5.74) is 7.29. The highest BCUT2D eigenvalue weighted by Crippen LogP contribution is 2.38. The Morgan fingerprint density at radius 1 is 0.561 bits per heavy atom. The molecular weight excluding hydrogens is 504 g/mol. The molecule has 0 saturated heterocycles. The molecule has 0 radical (unpaired) electrons. The van der Waals surface area contributed by atoms with Crippen molar-refractivity contribution in [2.45, 2.75) is 25.9 Å². The fourth-order valence-electron chi connectivity index (χ4n) is 4.69. The molecule has 5 rings (SSSR count). The van der Waals surface area contributed by atoms with Crippen molar-refractivity contribution in [3.63, 3.8) is 0 Å². The summed E-state index contributed by atoms with van der Waals surface area (Å²) in [7, 11) is 0. The lowest BCUT2D eigenvalue weighted by atomic mass is 10.1. The summed E-state index contributed by atoms with van der Waals surface area (Å²) >= 11 is 0. The normalized spacial score (nSPS) is 10.4. The molecule has 202 valence electrons. The summed E-state index contributed by atoms with van der Waals surface area (Å²) in [6.07, 6.45) is 6.83. The van der Waals surface area contributed by atoms with Gasteiger partial charge in [-0.3, -0.25) is 4.79 Å². The average molecular weight is 537 g/mol. The molecule has 0 aliphatic carbocycles. The molecule has 0 fully saturated rings. The van der Waals surface area contributed by atoms with Crippen LogP contribution in [0.3, 0.4) is 0 Å². The summed E-state index contributed by atoms with van der Waals surface area (Å²) in [6.45, 7) is 0.240. The highest BCUT2D eigenvalue weighted by atomic mass is 16.5. The van der Waals surface area contributed by atoms with E-state index in [9.17, 15) is 4.79 Å². The third-order valence-electron chi connectivity index (χ3n) is 6.71. The quantitative estimate of drug-likeness (QED) is 0.0956. The number of carbonyl (C=O) groups is 1. The number of terminal acetylenes is 1. The van der Waals surface area contributed by atoms with E-state index in [4.69, 9.17) is 11.2 Å². The van der Waals surface area contributed by atoms with E-state index >= 15 is 0 Å². The summed E-state index contributed by atoms with van der Waals surface area (Å²) < 4.78 is 5.43. The first-order valence-corrected chi connectivity index (χ1v) is 13.8. The van der Waals surface area contributed by atoms with Gasteiger partial charge >= 0.3 is 5.97 Å². The second-order valence-corrected chi connectivity index (χ2v) is 9.58. The summed E-state index contributed by atoms with van der Waals surface area (Å²) in [5, 5.41) is 0. The second kappa shape index (κ2) is 13.7. The SMILES string of the molecule is C#CCCCC(=O)OCc1ccc(N(c2ccccc2)c2ccc(N(c3ccccc3)c3ccccc3)cc2)cc1. The van der Waals surface area contributed by atoms with E-state index < -0.39 is 0 Å². The largest absolute Gasteiger partial charge is 0.461 e. The maximum Gasteiger partial charge on any atom is 0.306 e. The maximum absolute atomic E-state index is 12.0. The zero-order chi connectivity index (χ0) is 28.3. The van der Waals surface area contributed by atoms with Crippen LogP contribution in [0.1, 0.15) is 24.8 Å². The molecule has 0 heterocycles. The molecule has 5 aromatic carbocycles. The minimum atomic E-state index is -0.227. The van der Waals surface area contributed by atoms with Gasteiger partial charge in [0.05, 0.1) is 0 Å². The van der Waals surface area contributed by atoms with Crippen molar-refractivity contribution in [2.75, 3.05) is 9.80 Å². The Kier molecular flexibility index (Phi) is 9.11. The topological polar surface area (TPSA) is 32.8 Å². The molecule has 0 aliphatic heterocycles. The molecule has 4 heteroatoms. The van der Waals surface area contributed by atoms with Gasteiger partial charge in [0, 0.05) is 47.0 Å². The number of hydrogen-bond acceptors (Lipinski definition) is 4. The lowest BCUT2D eigenvalue weighted by molar-refractivity contribution is -0.145. The first kappa shape index (κ1) is 27.3. The van der Waals surface area contributed by atoms with E-state index in [-0.39, 0.29) is 12.6 Å².